The molecule has 0 amide bonds. The molecular formula is C13H18N2S2. The summed E-state index contributed by atoms with van der Waals surface area (Å²) in [5.41, 5.74) is 2.54. The molecule has 0 atom stereocenters. The van der Waals surface area contributed by atoms with Gasteiger partial charge in [-0.3, -0.25) is 4.72 Å². The smallest absolute Gasteiger partial charge is 0.166 e. The number of para-hydroxylation sites is 1. The van der Waals surface area contributed by atoms with E-state index >= 15 is 0 Å². The summed E-state index contributed by atoms with van der Waals surface area (Å²) in [4.78, 5) is 4.67. The molecule has 17 heavy (non-hydrogen) atoms. The van der Waals surface area contributed by atoms with Crippen molar-refractivity contribution in [2.24, 2.45) is 0 Å². The summed E-state index contributed by atoms with van der Waals surface area (Å²) in [7, 11) is 0. The van der Waals surface area contributed by atoms with Crippen molar-refractivity contribution in [3.8, 4) is 0 Å². The van der Waals surface area contributed by atoms with Crippen LogP contribution in [0.1, 0.15) is 32.8 Å². The van der Waals surface area contributed by atoms with E-state index in [2.05, 4.69) is 55.6 Å². The van der Waals surface area contributed by atoms with E-state index in [0.29, 0.717) is 0 Å². The third-order valence-corrected chi connectivity index (χ3v) is 5.14. The lowest BCUT2D eigenvalue weighted by atomic mass is 10.0. The van der Waals surface area contributed by atoms with Crippen LogP contribution in [0, 0.1) is 6.92 Å². The fourth-order valence-corrected chi connectivity index (χ4v) is 3.34. The van der Waals surface area contributed by atoms with Crippen molar-refractivity contribution in [1.82, 2.24) is 9.71 Å². The summed E-state index contributed by atoms with van der Waals surface area (Å²) in [6, 6.07) is 6.34. The van der Waals surface area contributed by atoms with Crippen LogP contribution >= 0.6 is 23.3 Å². The van der Waals surface area contributed by atoms with Gasteiger partial charge >= 0.3 is 0 Å². The molecule has 1 aromatic carbocycles. The Kier molecular flexibility index (Phi) is 3.76. The summed E-state index contributed by atoms with van der Waals surface area (Å²) in [6.07, 6.45) is 1.10. The molecule has 1 aromatic heterocycles. The van der Waals surface area contributed by atoms with Gasteiger partial charge in [-0.05, 0) is 50.8 Å². The third-order valence-electron chi connectivity index (χ3n) is 2.90. The van der Waals surface area contributed by atoms with Crippen LogP contribution in [0.4, 0.5) is 0 Å². The number of aromatic nitrogens is 1. The molecule has 4 heteroatoms. The van der Waals surface area contributed by atoms with Gasteiger partial charge in [-0.1, -0.05) is 19.1 Å². The second kappa shape index (κ2) is 4.96. The number of rotatable bonds is 4. The maximum Gasteiger partial charge on any atom is 0.166 e. The van der Waals surface area contributed by atoms with E-state index in [-0.39, 0.29) is 5.54 Å². The molecule has 0 saturated heterocycles. The molecule has 0 aliphatic heterocycles. The second-order valence-electron chi connectivity index (χ2n) is 4.84. The van der Waals surface area contributed by atoms with E-state index in [4.69, 9.17) is 0 Å². The molecule has 0 spiro atoms. The first-order chi connectivity index (χ1) is 8.02. The zero-order valence-electron chi connectivity index (χ0n) is 10.7. The molecule has 2 rings (SSSR count). The molecule has 0 radical (unpaired) electrons. The lowest BCUT2D eigenvalue weighted by Gasteiger charge is -2.22. The highest BCUT2D eigenvalue weighted by Crippen LogP contribution is 2.30. The number of benzene rings is 1. The molecule has 0 aliphatic rings. The summed E-state index contributed by atoms with van der Waals surface area (Å²) >= 11 is 3.40. The van der Waals surface area contributed by atoms with Crippen molar-refractivity contribution in [2.45, 2.75) is 44.0 Å². The summed E-state index contributed by atoms with van der Waals surface area (Å²) < 4.78 is 5.83. The van der Waals surface area contributed by atoms with Gasteiger partial charge in [0.25, 0.3) is 0 Å². The van der Waals surface area contributed by atoms with Crippen LogP contribution in [0.5, 0.6) is 0 Å². The lowest BCUT2D eigenvalue weighted by molar-refractivity contribution is 0.464. The molecule has 92 valence electrons. The van der Waals surface area contributed by atoms with Crippen LogP contribution in [-0.2, 0) is 0 Å². The number of nitrogens with one attached hydrogen (secondary N) is 1. The Balaban J connectivity index is 2.18. The van der Waals surface area contributed by atoms with Gasteiger partial charge in [0.2, 0.25) is 0 Å². The molecule has 1 heterocycles. The van der Waals surface area contributed by atoms with E-state index in [1.165, 1.54) is 10.3 Å². The topological polar surface area (TPSA) is 24.9 Å². The minimum Gasteiger partial charge on any atom is -0.252 e. The van der Waals surface area contributed by atoms with Crippen molar-refractivity contribution in [1.29, 1.82) is 0 Å². The van der Waals surface area contributed by atoms with E-state index in [9.17, 15) is 0 Å². The maximum atomic E-state index is 4.67. The van der Waals surface area contributed by atoms with Crippen molar-refractivity contribution in [3.63, 3.8) is 0 Å². The highest BCUT2D eigenvalue weighted by atomic mass is 32.2. The number of fused-ring (bicyclic) bond motifs is 1. The number of aryl methyl sites for hydroxylation is 1. The highest BCUT2D eigenvalue weighted by Gasteiger charge is 2.15. The molecule has 0 unspecified atom stereocenters. The molecular weight excluding hydrogens is 248 g/mol. The molecule has 2 nitrogen and oxygen atoms in total. The standard InChI is InChI=1S/C13H18N2S2/c1-5-13(3,4)15-17-12-14-11-9(2)7-6-8-10(11)16-12/h6-8,15H,5H2,1-4H3. The van der Waals surface area contributed by atoms with Crippen molar-refractivity contribution < 1.29 is 0 Å². The van der Waals surface area contributed by atoms with Crippen LogP contribution in [0.25, 0.3) is 10.2 Å². The van der Waals surface area contributed by atoms with Gasteiger partial charge < -0.3 is 0 Å². The first-order valence-electron chi connectivity index (χ1n) is 5.82. The average Bonchev–Trinajstić information content (AvgIpc) is 2.71. The molecule has 0 fully saturated rings. The van der Waals surface area contributed by atoms with Crippen LogP contribution in [0.15, 0.2) is 22.5 Å². The van der Waals surface area contributed by atoms with Gasteiger partial charge in [0, 0.05) is 5.54 Å². The average molecular weight is 266 g/mol. The van der Waals surface area contributed by atoms with E-state index < -0.39 is 0 Å². The number of thiazole rings is 1. The molecule has 1 N–H and O–H groups in total. The van der Waals surface area contributed by atoms with E-state index in [1.54, 1.807) is 23.3 Å². The SMILES string of the molecule is CCC(C)(C)NSc1nc2c(C)cccc2s1. The quantitative estimate of drug-likeness (QED) is 0.831. The number of hydrogen-bond acceptors (Lipinski definition) is 4. The van der Waals surface area contributed by atoms with Crippen LogP contribution < -0.4 is 4.72 Å². The second-order valence-corrected chi connectivity index (χ2v) is 6.93. The number of hydrogen-bond donors (Lipinski definition) is 1. The van der Waals surface area contributed by atoms with Gasteiger partial charge in [-0.15, -0.1) is 11.3 Å². The predicted molar refractivity (Wildman–Crippen MR) is 77.7 cm³/mol. The Morgan fingerprint density at radius 2 is 2.18 bits per heavy atom. The van der Waals surface area contributed by atoms with Gasteiger partial charge in [0.05, 0.1) is 10.2 Å². The van der Waals surface area contributed by atoms with Gasteiger partial charge in [0.15, 0.2) is 4.34 Å². The van der Waals surface area contributed by atoms with Gasteiger partial charge in [-0.25, -0.2) is 4.98 Å². The minimum atomic E-state index is 0.150. The normalized spacial score (nSPS) is 12.2. The van der Waals surface area contributed by atoms with Crippen molar-refractivity contribution >= 4 is 33.5 Å². The molecule has 2 aromatic rings. The lowest BCUT2D eigenvalue weighted by Crippen LogP contribution is -2.33. The Hall–Kier alpha value is -0.580. The van der Waals surface area contributed by atoms with Gasteiger partial charge in [0.1, 0.15) is 0 Å². The Labute approximate surface area is 111 Å². The first kappa shape index (κ1) is 12.9. The fraction of sp³-hybridized carbons (Fsp3) is 0.462. The highest BCUT2D eigenvalue weighted by molar-refractivity contribution is 7.99. The maximum absolute atomic E-state index is 4.67. The summed E-state index contributed by atoms with van der Waals surface area (Å²) in [5.74, 6) is 0. The zero-order valence-corrected chi connectivity index (χ0v) is 12.3. The molecule has 0 aliphatic carbocycles. The Morgan fingerprint density at radius 3 is 2.82 bits per heavy atom. The van der Waals surface area contributed by atoms with Gasteiger partial charge in [-0.2, -0.15) is 0 Å². The minimum absolute atomic E-state index is 0.150. The van der Waals surface area contributed by atoms with Crippen LogP contribution in [0.2, 0.25) is 0 Å². The monoisotopic (exact) mass is 266 g/mol. The van der Waals surface area contributed by atoms with Crippen molar-refractivity contribution in [2.75, 3.05) is 0 Å². The van der Waals surface area contributed by atoms with Crippen LogP contribution in [-0.4, -0.2) is 10.5 Å². The first-order valence-corrected chi connectivity index (χ1v) is 7.45. The predicted octanol–water partition coefficient (Wildman–Crippen LogP) is 4.39. The third kappa shape index (κ3) is 3.00. The summed E-state index contributed by atoms with van der Waals surface area (Å²) in [5, 5.41) is 0. The Bertz CT molecular complexity index is 517. The van der Waals surface area contributed by atoms with E-state index in [0.717, 1.165) is 16.3 Å². The largest absolute Gasteiger partial charge is 0.252 e. The molecule has 0 saturated carbocycles. The number of nitrogens with zero attached hydrogens (tertiary/aromatic N) is 1. The fourth-order valence-electron chi connectivity index (χ4n) is 1.36. The molecule has 0 bridgehead atoms. The van der Waals surface area contributed by atoms with Crippen LogP contribution in [0.3, 0.4) is 0 Å². The zero-order chi connectivity index (χ0) is 12.5. The summed E-state index contributed by atoms with van der Waals surface area (Å²) in [6.45, 7) is 8.72. The van der Waals surface area contributed by atoms with E-state index in [1.807, 2.05) is 0 Å². The van der Waals surface area contributed by atoms with Crippen molar-refractivity contribution in [3.05, 3.63) is 23.8 Å². The Morgan fingerprint density at radius 1 is 1.41 bits per heavy atom.